The highest BCUT2D eigenvalue weighted by atomic mass is 16.2. The molecule has 1 aromatic rings. The van der Waals surface area contributed by atoms with Crippen LogP contribution >= 0.6 is 0 Å². The fourth-order valence-corrected chi connectivity index (χ4v) is 5.49. The Bertz CT molecular complexity index is 730. The Morgan fingerprint density at radius 2 is 2.07 bits per heavy atom. The first kappa shape index (κ1) is 19.2. The predicted octanol–water partition coefficient (Wildman–Crippen LogP) is 1.60. The summed E-state index contributed by atoms with van der Waals surface area (Å²) in [6.07, 6.45) is 6.36. The molecule has 7 heteroatoms. The van der Waals surface area contributed by atoms with Crippen molar-refractivity contribution < 1.29 is 9.59 Å². The first-order valence-corrected chi connectivity index (χ1v) is 10.4. The molecule has 7 nitrogen and oxygen atoms in total. The number of urea groups is 1. The first-order valence-electron chi connectivity index (χ1n) is 10.4. The lowest BCUT2D eigenvalue weighted by Gasteiger charge is -2.46. The molecule has 1 unspecified atom stereocenters. The van der Waals surface area contributed by atoms with Gasteiger partial charge in [0.2, 0.25) is 5.91 Å². The van der Waals surface area contributed by atoms with Crippen LogP contribution in [-0.4, -0.2) is 65.5 Å². The summed E-state index contributed by atoms with van der Waals surface area (Å²) in [5.41, 5.74) is 0.807. The van der Waals surface area contributed by atoms with Gasteiger partial charge in [0.25, 0.3) is 0 Å². The number of nitrogens with one attached hydrogen (secondary N) is 2. The molecule has 3 fully saturated rings. The molecule has 3 aliphatic rings. The summed E-state index contributed by atoms with van der Waals surface area (Å²) in [6.45, 7) is 8.69. The van der Waals surface area contributed by atoms with E-state index >= 15 is 0 Å². The van der Waals surface area contributed by atoms with Crippen molar-refractivity contribution >= 4 is 11.9 Å². The van der Waals surface area contributed by atoms with E-state index in [1.54, 1.807) is 6.20 Å². The molecule has 3 aliphatic heterocycles. The summed E-state index contributed by atoms with van der Waals surface area (Å²) in [5.74, 6) is 0.210. The van der Waals surface area contributed by atoms with E-state index in [-0.39, 0.29) is 28.8 Å². The van der Waals surface area contributed by atoms with Crippen LogP contribution in [0.5, 0.6) is 0 Å². The van der Waals surface area contributed by atoms with Crippen LogP contribution in [0.4, 0.5) is 4.79 Å². The van der Waals surface area contributed by atoms with Crippen LogP contribution in [0, 0.1) is 10.8 Å². The monoisotopic (exact) mass is 385 g/mol. The number of pyridine rings is 1. The van der Waals surface area contributed by atoms with Gasteiger partial charge in [0.15, 0.2) is 0 Å². The third-order valence-electron chi connectivity index (χ3n) is 6.86. The van der Waals surface area contributed by atoms with Crippen molar-refractivity contribution in [3.8, 4) is 0 Å². The molecule has 2 spiro atoms. The van der Waals surface area contributed by atoms with Gasteiger partial charge in [-0.25, -0.2) is 4.79 Å². The van der Waals surface area contributed by atoms with Gasteiger partial charge in [0.1, 0.15) is 0 Å². The van der Waals surface area contributed by atoms with Crippen molar-refractivity contribution in [3.05, 3.63) is 30.1 Å². The Balaban J connectivity index is 1.51. The second kappa shape index (κ2) is 7.35. The largest absolute Gasteiger partial charge is 0.356 e. The Kier molecular flexibility index (Phi) is 5.04. The molecule has 2 N–H and O–H groups in total. The minimum Gasteiger partial charge on any atom is -0.356 e. The second-order valence-corrected chi connectivity index (χ2v) is 8.97. The van der Waals surface area contributed by atoms with Crippen molar-refractivity contribution in [3.63, 3.8) is 0 Å². The van der Waals surface area contributed by atoms with E-state index in [1.807, 2.05) is 31.0 Å². The topological polar surface area (TPSA) is 77.6 Å². The molecular formula is C21H31N5O2. The predicted molar refractivity (Wildman–Crippen MR) is 106 cm³/mol. The summed E-state index contributed by atoms with van der Waals surface area (Å²) in [5, 5.41) is 6.09. The lowest BCUT2D eigenvalue weighted by atomic mass is 9.60. The van der Waals surface area contributed by atoms with Gasteiger partial charge in [-0.2, -0.15) is 0 Å². The van der Waals surface area contributed by atoms with Crippen LogP contribution in [0.2, 0.25) is 0 Å². The summed E-state index contributed by atoms with van der Waals surface area (Å²) in [4.78, 5) is 34.0. The van der Waals surface area contributed by atoms with E-state index in [1.165, 1.54) is 5.56 Å². The number of piperidine rings is 1. The summed E-state index contributed by atoms with van der Waals surface area (Å²) < 4.78 is 0. The maximum Gasteiger partial charge on any atom is 0.317 e. The average molecular weight is 386 g/mol. The zero-order chi connectivity index (χ0) is 19.8. The maximum atomic E-state index is 13.0. The number of carbonyl (C=O) groups is 2. The summed E-state index contributed by atoms with van der Waals surface area (Å²) >= 11 is 0. The van der Waals surface area contributed by atoms with Gasteiger partial charge in [0.05, 0.1) is 5.41 Å². The Labute approximate surface area is 166 Å². The van der Waals surface area contributed by atoms with Crippen LogP contribution in [-0.2, 0) is 11.3 Å². The highest BCUT2D eigenvalue weighted by Gasteiger charge is 2.63. The molecule has 1 aromatic heterocycles. The Morgan fingerprint density at radius 3 is 2.68 bits per heavy atom. The summed E-state index contributed by atoms with van der Waals surface area (Å²) in [6, 6.07) is 4.21. The molecule has 152 valence electrons. The van der Waals surface area contributed by atoms with Gasteiger partial charge in [-0.3, -0.25) is 14.7 Å². The number of amides is 3. The minimum absolute atomic E-state index is 0.0139. The van der Waals surface area contributed by atoms with E-state index in [4.69, 9.17) is 0 Å². The summed E-state index contributed by atoms with van der Waals surface area (Å²) in [7, 11) is 0. The van der Waals surface area contributed by atoms with Crippen LogP contribution in [0.25, 0.3) is 0 Å². The second-order valence-electron chi connectivity index (χ2n) is 8.97. The number of carbonyl (C=O) groups excluding carboxylic acids is 2. The number of hydrogen-bond donors (Lipinski definition) is 2. The molecule has 0 aromatic carbocycles. The van der Waals surface area contributed by atoms with E-state index in [2.05, 4.69) is 26.6 Å². The van der Waals surface area contributed by atoms with Gasteiger partial charge in [0, 0.05) is 63.1 Å². The molecular weight excluding hydrogens is 354 g/mol. The number of fused-ring (bicyclic) bond motifs is 1. The fraction of sp³-hybridized carbons (Fsp3) is 0.667. The number of hydrogen-bond acceptors (Lipinski definition) is 4. The lowest BCUT2D eigenvalue weighted by molar-refractivity contribution is -0.133. The zero-order valence-corrected chi connectivity index (χ0v) is 16.9. The third-order valence-corrected chi connectivity index (χ3v) is 6.86. The molecule has 0 radical (unpaired) electrons. The van der Waals surface area contributed by atoms with Crippen molar-refractivity contribution in [2.45, 2.75) is 45.7 Å². The molecule has 1 atom stereocenters. The van der Waals surface area contributed by atoms with Crippen LogP contribution < -0.4 is 10.6 Å². The van der Waals surface area contributed by atoms with E-state index in [0.29, 0.717) is 13.1 Å². The van der Waals surface area contributed by atoms with Crippen molar-refractivity contribution in [2.75, 3.05) is 32.7 Å². The highest BCUT2D eigenvalue weighted by molar-refractivity contribution is 5.86. The third kappa shape index (κ3) is 3.26. The number of likely N-dealkylation sites (tertiary alicyclic amines) is 2. The van der Waals surface area contributed by atoms with E-state index < -0.39 is 0 Å². The maximum absolute atomic E-state index is 13.0. The Hall–Kier alpha value is -2.15. The SMILES string of the molecule is CC(C)NC(=O)N1CCC2(CC1)CN(Cc1cccnc1)CC21CCNC1=O. The molecule has 0 saturated carbocycles. The molecule has 3 amide bonds. The van der Waals surface area contributed by atoms with Gasteiger partial charge in [-0.15, -0.1) is 0 Å². The molecule has 0 aliphatic carbocycles. The standard InChI is InChI=1S/C21H31N5O2/c1-16(2)24-19(28)26-10-6-20(7-11-26)14-25(13-17-4-3-8-22-12-17)15-21(20)5-9-23-18(21)27/h3-4,8,12,16H,5-7,9-11,13-15H2,1-2H3,(H,23,27)(H,24,28). The quantitative estimate of drug-likeness (QED) is 0.829. The normalized spacial score (nSPS) is 27.0. The van der Waals surface area contributed by atoms with Gasteiger partial charge in [-0.05, 0) is 44.7 Å². The lowest BCUT2D eigenvalue weighted by Crippen LogP contribution is -2.55. The van der Waals surface area contributed by atoms with Gasteiger partial charge in [-0.1, -0.05) is 6.07 Å². The van der Waals surface area contributed by atoms with E-state index in [0.717, 1.165) is 45.4 Å². The number of nitrogens with zero attached hydrogens (tertiary/aromatic N) is 3. The average Bonchev–Trinajstić information content (AvgIpc) is 3.17. The van der Waals surface area contributed by atoms with Crippen LogP contribution in [0.15, 0.2) is 24.5 Å². The van der Waals surface area contributed by atoms with Crippen molar-refractivity contribution in [1.29, 1.82) is 0 Å². The van der Waals surface area contributed by atoms with Crippen LogP contribution in [0.3, 0.4) is 0 Å². The highest BCUT2D eigenvalue weighted by Crippen LogP contribution is 2.56. The molecule has 4 rings (SSSR count). The molecule has 4 heterocycles. The number of rotatable bonds is 3. The zero-order valence-electron chi connectivity index (χ0n) is 16.9. The smallest absolute Gasteiger partial charge is 0.317 e. The van der Waals surface area contributed by atoms with Gasteiger partial charge < -0.3 is 15.5 Å². The van der Waals surface area contributed by atoms with Crippen molar-refractivity contribution in [2.24, 2.45) is 10.8 Å². The molecule has 28 heavy (non-hydrogen) atoms. The fourth-order valence-electron chi connectivity index (χ4n) is 5.49. The molecule has 3 saturated heterocycles. The van der Waals surface area contributed by atoms with Crippen LogP contribution in [0.1, 0.15) is 38.7 Å². The van der Waals surface area contributed by atoms with Gasteiger partial charge >= 0.3 is 6.03 Å². The number of aromatic nitrogens is 1. The van der Waals surface area contributed by atoms with Crippen molar-refractivity contribution in [1.82, 2.24) is 25.4 Å². The molecule has 0 bridgehead atoms. The minimum atomic E-state index is -0.324. The van der Waals surface area contributed by atoms with E-state index in [9.17, 15) is 9.59 Å². The first-order chi connectivity index (χ1) is 13.4. The Morgan fingerprint density at radius 1 is 1.29 bits per heavy atom.